The van der Waals surface area contributed by atoms with E-state index in [0.29, 0.717) is 10.6 Å². The van der Waals surface area contributed by atoms with Gasteiger partial charge in [0.1, 0.15) is 5.01 Å². The third-order valence-corrected chi connectivity index (χ3v) is 6.41. The lowest BCUT2D eigenvalue weighted by Gasteiger charge is -2.09. The molecular formula is C18H17N5O2S2. The zero-order valence-electron chi connectivity index (χ0n) is 14.7. The number of rotatable bonds is 5. The highest BCUT2D eigenvalue weighted by molar-refractivity contribution is 7.92. The summed E-state index contributed by atoms with van der Waals surface area (Å²) in [4.78, 5) is 0.942. The van der Waals surface area contributed by atoms with E-state index in [0.717, 1.165) is 28.4 Å². The fraction of sp³-hybridized carbons (Fsp3) is 0.167. The zero-order valence-corrected chi connectivity index (χ0v) is 16.4. The Bertz CT molecular complexity index is 1210. The number of hydrogen-bond donors (Lipinski definition) is 1. The van der Waals surface area contributed by atoms with Crippen LogP contribution in [0, 0.1) is 6.92 Å². The lowest BCUT2D eigenvalue weighted by atomic mass is 10.2. The smallest absolute Gasteiger partial charge is 0.261 e. The molecule has 0 fully saturated rings. The first-order chi connectivity index (χ1) is 13.0. The normalized spacial score (nSPS) is 11.8. The van der Waals surface area contributed by atoms with E-state index in [2.05, 4.69) is 20.0 Å². The van der Waals surface area contributed by atoms with E-state index >= 15 is 0 Å². The predicted octanol–water partition coefficient (Wildman–Crippen LogP) is 3.52. The van der Waals surface area contributed by atoms with Crippen LogP contribution in [-0.2, 0) is 16.4 Å². The molecule has 2 aromatic heterocycles. The van der Waals surface area contributed by atoms with Crippen LogP contribution < -0.4 is 4.72 Å². The Balaban J connectivity index is 1.65. The molecule has 2 heterocycles. The van der Waals surface area contributed by atoms with E-state index in [1.54, 1.807) is 47.0 Å². The Hall–Kier alpha value is -2.78. The van der Waals surface area contributed by atoms with Crippen molar-refractivity contribution in [1.29, 1.82) is 0 Å². The molecule has 0 atom stereocenters. The topological polar surface area (TPSA) is 89.2 Å². The van der Waals surface area contributed by atoms with Gasteiger partial charge in [-0.2, -0.15) is 9.61 Å². The van der Waals surface area contributed by atoms with Crippen molar-refractivity contribution in [2.45, 2.75) is 25.2 Å². The lowest BCUT2D eigenvalue weighted by Crippen LogP contribution is -2.12. The van der Waals surface area contributed by atoms with Crippen LogP contribution in [0.1, 0.15) is 18.3 Å². The number of benzene rings is 2. The molecular weight excluding hydrogens is 382 g/mol. The molecule has 0 aliphatic heterocycles. The van der Waals surface area contributed by atoms with Gasteiger partial charge in [-0.1, -0.05) is 48.1 Å². The Labute approximate surface area is 160 Å². The molecule has 9 heteroatoms. The molecule has 2 aromatic carbocycles. The maximum Gasteiger partial charge on any atom is 0.261 e. The van der Waals surface area contributed by atoms with Crippen LogP contribution in [0.3, 0.4) is 0 Å². The number of fused-ring (bicyclic) bond motifs is 1. The molecule has 0 saturated carbocycles. The molecule has 0 bridgehead atoms. The van der Waals surface area contributed by atoms with Gasteiger partial charge in [-0.15, -0.1) is 10.2 Å². The van der Waals surface area contributed by atoms with Gasteiger partial charge >= 0.3 is 0 Å². The van der Waals surface area contributed by atoms with Crippen molar-refractivity contribution < 1.29 is 8.42 Å². The summed E-state index contributed by atoms with van der Waals surface area (Å²) in [5, 5.41) is 13.5. The lowest BCUT2D eigenvalue weighted by molar-refractivity contribution is 0.601. The summed E-state index contributed by atoms with van der Waals surface area (Å²) in [5.74, 6) is 0.795. The quantitative estimate of drug-likeness (QED) is 0.555. The first-order valence-electron chi connectivity index (χ1n) is 8.37. The van der Waals surface area contributed by atoms with Crippen LogP contribution >= 0.6 is 11.3 Å². The molecule has 0 aliphatic rings. The van der Waals surface area contributed by atoms with E-state index < -0.39 is 10.0 Å². The monoisotopic (exact) mass is 399 g/mol. The molecule has 7 nitrogen and oxygen atoms in total. The molecule has 27 heavy (non-hydrogen) atoms. The van der Waals surface area contributed by atoms with Crippen molar-refractivity contribution in [3.05, 3.63) is 59.9 Å². The van der Waals surface area contributed by atoms with E-state index in [-0.39, 0.29) is 4.90 Å². The van der Waals surface area contributed by atoms with Crippen molar-refractivity contribution in [1.82, 2.24) is 19.8 Å². The first-order valence-corrected chi connectivity index (χ1v) is 10.7. The summed E-state index contributed by atoms with van der Waals surface area (Å²) in [6, 6.07) is 13.9. The van der Waals surface area contributed by atoms with Gasteiger partial charge < -0.3 is 0 Å². The van der Waals surface area contributed by atoms with Crippen LogP contribution in [0.5, 0.6) is 0 Å². The van der Waals surface area contributed by atoms with E-state index in [1.807, 2.05) is 19.9 Å². The maximum atomic E-state index is 12.6. The molecule has 0 saturated heterocycles. The van der Waals surface area contributed by atoms with Crippen molar-refractivity contribution in [2.75, 3.05) is 4.72 Å². The number of sulfonamides is 1. The van der Waals surface area contributed by atoms with Crippen molar-refractivity contribution in [2.24, 2.45) is 0 Å². The summed E-state index contributed by atoms with van der Waals surface area (Å²) >= 11 is 1.41. The summed E-state index contributed by atoms with van der Waals surface area (Å²) in [7, 11) is -3.65. The van der Waals surface area contributed by atoms with Crippen molar-refractivity contribution in [3.8, 4) is 10.6 Å². The molecule has 0 unspecified atom stereocenters. The highest BCUT2D eigenvalue weighted by atomic mass is 32.2. The number of aryl methyl sites for hydroxylation is 2. The highest BCUT2D eigenvalue weighted by Crippen LogP contribution is 2.28. The minimum absolute atomic E-state index is 0.227. The van der Waals surface area contributed by atoms with Gasteiger partial charge in [-0.25, -0.2) is 8.42 Å². The summed E-state index contributed by atoms with van der Waals surface area (Å²) in [6.45, 7) is 3.91. The van der Waals surface area contributed by atoms with E-state index in [4.69, 9.17) is 0 Å². The van der Waals surface area contributed by atoms with E-state index in [1.165, 1.54) is 11.3 Å². The fourth-order valence-electron chi connectivity index (χ4n) is 2.64. The molecule has 138 valence electrons. The standard InChI is InChI=1S/C18H17N5O2S2/c1-3-16-19-20-18-23(16)21-17(26-18)13-5-4-6-14(11-13)22-27(24,25)15-9-7-12(2)8-10-15/h4-11,22H,3H2,1-2H3. The largest absolute Gasteiger partial charge is 0.280 e. The summed E-state index contributed by atoms with van der Waals surface area (Å²) < 4.78 is 29.5. The Kier molecular flexibility index (Phi) is 4.40. The van der Waals surface area contributed by atoms with E-state index in [9.17, 15) is 8.42 Å². The third-order valence-electron chi connectivity index (χ3n) is 4.06. The number of nitrogens with one attached hydrogen (secondary N) is 1. The molecule has 0 radical (unpaired) electrons. The molecule has 4 aromatic rings. The Morgan fingerprint density at radius 3 is 2.63 bits per heavy atom. The van der Waals surface area contributed by atoms with Crippen LogP contribution in [0.15, 0.2) is 53.4 Å². The van der Waals surface area contributed by atoms with Gasteiger partial charge in [0.15, 0.2) is 5.82 Å². The van der Waals surface area contributed by atoms with Crippen molar-refractivity contribution in [3.63, 3.8) is 0 Å². The molecule has 4 rings (SSSR count). The van der Waals surface area contributed by atoms with Gasteiger partial charge in [0.05, 0.1) is 4.90 Å². The molecule has 0 amide bonds. The van der Waals surface area contributed by atoms with Crippen LogP contribution in [-0.4, -0.2) is 28.2 Å². The SMILES string of the molecule is CCc1nnc2sc(-c3cccc(NS(=O)(=O)c4ccc(C)cc4)c3)nn12. The second-order valence-corrected chi connectivity index (χ2v) is 8.71. The molecule has 0 aliphatic carbocycles. The average molecular weight is 400 g/mol. The number of nitrogens with zero attached hydrogens (tertiary/aromatic N) is 4. The van der Waals surface area contributed by atoms with Gasteiger partial charge in [0.2, 0.25) is 4.96 Å². The van der Waals surface area contributed by atoms with Gasteiger partial charge in [-0.3, -0.25) is 4.72 Å². The highest BCUT2D eigenvalue weighted by Gasteiger charge is 2.16. The minimum Gasteiger partial charge on any atom is -0.280 e. The van der Waals surface area contributed by atoms with Gasteiger partial charge in [0.25, 0.3) is 10.0 Å². The summed E-state index contributed by atoms with van der Waals surface area (Å²) in [5.41, 5.74) is 2.30. The molecule has 1 N–H and O–H groups in total. The van der Waals surface area contributed by atoms with Crippen LogP contribution in [0.2, 0.25) is 0 Å². The minimum atomic E-state index is -3.65. The second kappa shape index (κ2) is 6.75. The fourth-order valence-corrected chi connectivity index (χ4v) is 4.55. The van der Waals surface area contributed by atoms with Crippen molar-refractivity contribution >= 4 is 32.0 Å². The zero-order chi connectivity index (χ0) is 19.0. The predicted molar refractivity (Wildman–Crippen MR) is 105 cm³/mol. The molecule has 0 spiro atoms. The average Bonchev–Trinajstić information content (AvgIpc) is 3.22. The number of aromatic nitrogens is 4. The Morgan fingerprint density at radius 1 is 1.11 bits per heavy atom. The third kappa shape index (κ3) is 3.43. The second-order valence-electron chi connectivity index (χ2n) is 6.07. The van der Waals surface area contributed by atoms with Crippen LogP contribution in [0.4, 0.5) is 5.69 Å². The maximum absolute atomic E-state index is 12.6. The number of anilines is 1. The van der Waals surface area contributed by atoms with Gasteiger partial charge in [0, 0.05) is 17.7 Å². The summed E-state index contributed by atoms with van der Waals surface area (Å²) in [6.07, 6.45) is 0.737. The Morgan fingerprint density at radius 2 is 1.89 bits per heavy atom. The first kappa shape index (κ1) is 17.6. The van der Waals surface area contributed by atoms with Crippen LogP contribution in [0.25, 0.3) is 15.5 Å². The van der Waals surface area contributed by atoms with Gasteiger partial charge in [-0.05, 0) is 31.2 Å². The number of hydrogen-bond acceptors (Lipinski definition) is 6.